The zero-order chi connectivity index (χ0) is 13.4. The highest BCUT2D eigenvalue weighted by Gasteiger charge is 2.44. The second-order valence-corrected chi connectivity index (χ2v) is 6.66. The first kappa shape index (κ1) is 13.1. The number of nitrogens with zero attached hydrogens (tertiary/aromatic N) is 1. The molecule has 3 rings (SSSR count). The van der Waals surface area contributed by atoms with Crippen molar-refractivity contribution in [3.05, 3.63) is 35.9 Å². The van der Waals surface area contributed by atoms with Crippen molar-refractivity contribution in [3.63, 3.8) is 0 Å². The Labute approximate surface area is 117 Å². The van der Waals surface area contributed by atoms with Crippen molar-refractivity contribution in [2.24, 2.45) is 11.8 Å². The lowest BCUT2D eigenvalue weighted by Crippen LogP contribution is -2.55. The van der Waals surface area contributed by atoms with Gasteiger partial charge < -0.3 is 5.32 Å². The molecular formula is C17H26N2. The topological polar surface area (TPSA) is 15.3 Å². The van der Waals surface area contributed by atoms with E-state index in [1.807, 2.05) is 0 Å². The molecule has 1 saturated carbocycles. The number of piperazine rings is 1. The summed E-state index contributed by atoms with van der Waals surface area (Å²) < 4.78 is 0. The second kappa shape index (κ2) is 5.26. The third kappa shape index (κ3) is 2.70. The molecule has 1 N–H and O–H groups in total. The number of nitrogens with one attached hydrogen (secondary N) is 1. The van der Waals surface area contributed by atoms with E-state index in [2.05, 4.69) is 61.3 Å². The van der Waals surface area contributed by atoms with Gasteiger partial charge in [-0.05, 0) is 23.8 Å². The third-order valence-electron chi connectivity index (χ3n) is 4.86. The molecule has 0 amide bonds. The van der Waals surface area contributed by atoms with E-state index >= 15 is 0 Å². The number of hydrogen-bond acceptors (Lipinski definition) is 2. The normalized spacial score (nSPS) is 35.6. The Hall–Kier alpha value is -0.860. The van der Waals surface area contributed by atoms with Gasteiger partial charge in [-0.15, -0.1) is 0 Å². The minimum atomic E-state index is 0.561. The van der Waals surface area contributed by atoms with Crippen molar-refractivity contribution in [1.29, 1.82) is 0 Å². The van der Waals surface area contributed by atoms with E-state index in [1.54, 1.807) is 0 Å². The average Bonchev–Trinajstić information content (AvgIpc) is 3.16. The van der Waals surface area contributed by atoms with Crippen LogP contribution in [0.2, 0.25) is 0 Å². The summed E-state index contributed by atoms with van der Waals surface area (Å²) in [6.45, 7) is 9.34. The SMILES string of the molecule is CC(C)C1CN(C2CC2C)C(c2ccccc2)CN1. The molecule has 4 unspecified atom stereocenters. The Morgan fingerprint density at radius 2 is 1.89 bits per heavy atom. The lowest BCUT2D eigenvalue weighted by Gasteiger charge is -2.42. The van der Waals surface area contributed by atoms with Gasteiger partial charge in [0.25, 0.3) is 0 Å². The summed E-state index contributed by atoms with van der Waals surface area (Å²) in [4.78, 5) is 2.77. The molecule has 2 heteroatoms. The highest BCUT2D eigenvalue weighted by molar-refractivity contribution is 5.21. The van der Waals surface area contributed by atoms with Gasteiger partial charge in [0.15, 0.2) is 0 Å². The van der Waals surface area contributed by atoms with Gasteiger partial charge in [-0.2, -0.15) is 0 Å². The van der Waals surface area contributed by atoms with E-state index in [4.69, 9.17) is 0 Å². The summed E-state index contributed by atoms with van der Waals surface area (Å²) in [6.07, 6.45) is 1.38. The molecule has 104 valence electrons. The minimum absolute atomic E-state index is 0.561. The van der Waals surface area contributed by atoms with Gasteiger partial charge in [0.05, 0.1) is 0 Å². The van der Waals surface area contributed by atoms with Gasteiger partial charge >= 0.3 is 0 Å². The molecule has 4 atom stereocenters. The molecule has 1 aliphatic heterocycles. The second-order valence-electron chi connectivity index (χ2n) is 6.66. The zero-order valence-electron chi connectivity index (χ0n) is 12.3. The number of rotatable bonds is 3. The first-order valence-corrected chi connectivity index (χ1v) is 7.71. The average molecular weight is 258 g/mol. The maximum atomic E-state index is 3.75. The maximum Gasteiger partial charge on any atom is 0.0476 e. The van der Waals surface area contributed by atoms with Crippen LogP contribution in [0.1, 0.15) is 38.8 Å². The van der Waals surface area contributed by atoms with E-state index < -0.39 is 0 Å². The Bertz CT molecular complexity index is 415. The Morgan fingerprint density at radius 3 is 2.47 bits per heavy atom. The highest BCUT2D eigenvalue weighted by atomic mass is 15.3. The molecule has 1 aliphatic carbocycles. The van der Waals surface area contributed by atoms with E-state index in [0.29, 0.717) is 18.0 Å². The number of benzene rings is 1. The maximum absolute atomic E-state index is 3.75. The highest BCUT2D eigenvalue weighted by Crippen LogP contribution is 2.41. The summed E-state index contributed by atoms with van der Waals surface area (Å²) in [5.41, 5.74) is 1.47. The van der Waals surface area contributed by atoms with Crippen molar-refractivity contribution in [2.45, 2.75) is 45.3 Å². The fraction of sp³-hybridized carbons (Fsp3) is 0.647. The summed E-state index contributed by atoms with van der Waals surface area (Å²) in [5.74, 6) is 1.60. The molecule has 0 bridgehead atoms. The Kier molecular flexibility index (Phi) is 3.64. The van der Waals surface area contributed by atoms with Crippen molar-refractivity contribution < 1.29 is 0 Å². The first-order chi connectivity index (χ1) is 9.16. The predicted octanol–water partition coefficient (Wildman–Crippen LogP) is 3.07. The molecule has 2 aliphatic rings. The molecule has 2 fully saturated rings. The van der Waals surface area contributed by atoms with Crippen molar-refractivity contribution in [2.75, 3.05) is 13.1 Å². The van der Waals surface area contributed by atoms with Crippen molar-refractivity contribution in [3.8, 4) is 0 Å². The van der Waals surface area contributed by atoms with Crippen molar-refractivity contribution in [1.82, 2.24) is 10.2 Å². The smallest absolute Gasteiger partial charge is 0.0476 e. The van der Waals surface area contributed by atoms with Gasteiger partial charge in [-0.1, -0.05) is 51.1 Å². The van der Waals surface area contributed by atoms with Crippen LogP contribution in [-0.2, 0) is 0 Å². The van der Waals surface area contributed by atoms with Crippen LogP contribution < -0.4 is 5.32 Å². The quantitative estimate of drug-likeness (QED) is 0.896. The molecule has 0 spiro atoms. The lowest BCUT2D eigenvalue weighted by molar-refractivity contribution is 0.101. The van der Waals surface area contributed by atoms with Crippen LogP contribution in [0.3, 0.4) is 0 Å². The van der Waals surface area contributed by atoms with Gasteiger partial charge in [-0.25, -0.2) is 0 Å². The monoisotopic (exact) mass is 258 g/mol. The van der Waals surface area contributed by atoms with E-state index in [-0.39, 0.29) is 0 Å². The molecule has 1 saturated heterocycles. The molecule has 1 aromatic rings. The molecule has 1 aromatic carbocycles. The molecular weight excluding hydrogens is 232 g/mol. The fourth-order valence-electron chi connectivity index (χ4n) is 3.36. The van der Waals surface area contributed by atoms with Gasteiger partial charge in [-0.3, -0.25) is 4.90 Å². The fourth-order valence-corrected chi connectivity index (χ4v) is 3.36. The molecule has 0 aromatic heterocycles. The standard InChI is InChI=1S/C17H26N2/c1-12(2)15-11-19(16-9-13(16)3)17(10-18-15)14-7-5-4-6-8-14/h4-8,12-13,15-18H,9-11H2,1-3H3. The zero-order valence-corrected chi connectivity index (χ0v) is 12.3. The molecule has 1 heterocycles. The largest absolute Gasteiger partial charge is 0.311 e. The van der Waals surface area contributed by atoms with Crippen LogP contribution in [0, 0.1) is 11.8 Å². The van der Waals surface area contributed by atoms with Crippen LogP contribution >= 0.6 is 0 Å². The Balaban J connectivity index is 1.79. The molecule has 2 nitrogen and oxygen atoms in total. The van der Waals surface area contributed by atoms with Crippen molar-refractivity contribution >= 4 is 0 Å². The summed E-state index contributed by atoms with van der Waals surface area (Å²) in [7, 11) is 0. The summed E-state index contributed by atoms with van der Waals surface area (Å²) >= 11 is 0. The first-order valence-electron chi connectivity index (χ1n) is 7.71. The van der Waals surface area contributed by atoms with E-state index in [0.717, 1.165) is 18.5 Å². The van der Waals surface area contributed by atoms with E-state index in [9.17, 15) is 0 Å². The Morgan fingerprint density at radius 1 is 1.21 bits per heavy atom. The summed E-state index contributed by atoms with van der Waals surface area (Å²) in [6, 6.07) is 13.0. The molecule has 19 heavy (non-hydrogen) atoms. The van der Waals surface area contributed by atoms with Crippen LogP contribution in [0.5, 0.6) is 0 Å². The van der Waals surface area contributed by atoms with Crippen LogP contribution in [0.25, 0.3) is 0 Å². The molecule has 0 radical (unpaired) electrons. The van der Waals surface area contributed by atoms with Crippen LogP contribution in [0.4, 0.5) is 0 Å². The third-order valence-corrected chi connectivity index (χ3v) is 4.86. The van der Waals surface area contributed by atoms with Gasteiger partial charge in [0, 0.05) is 31.2 Å². The van der Waals surface area contributed by atoms with E-state index in [1.165, 1.54) is 18.5 Å². The van der Waals surface area contributed by atoms with Gasteiger partial charge in [0.1, 0.15) is 0 Å². The van der Waals surface area contributed by atoms with Gasteiger partial charge in [0.2, 0.25) is 0 Å². The summed E-state index contributed by atoms with van der Waals surface area (Å²) in [5, 5.41) is 3.75. The van der Waals surface area contributed by atoms with Crippen LogP contribution in [0.15, 0.2) is 30.3 Å². The predicted molar refractivity (Wildman–Crippen MR) is 80.1 cm³/mol. The minimum Gasteiger partial charge on any atom is -0.311 e. The number of hydrogen-bond donors (Lipinski definition) is 1. The van der Waals surface area contributed by atoms with Crippen LogP contribution in [-0.4, -0.2) is 30.1 Å². The lowest BCUT2D eigenvalue weighted by atomic mass is 9.95.